The van der Waals surface area contributed by atoms with Crippen molar-refractivity contribution in [3.05, 3.63) is 0 Å². The second-order valence-electron chi connectivity index (χ2n) is 9.49. The molecule has 134 valence electrons. The summed E-state index contributed by atoms with van der Waals surface area (Å²) < 4.78 is 10.1. The van der Waals surface area contributed by atoms with Crippen molar-refractivity contribution >= 4 is 0 Å². The summed E-state index contributed by atoms with van der Waals surface area (Å²) in [7, 11) is 0. The summed E-state index contributed by atoms with van der Waals surface area (Å²) in [5.41, 5.74) is 5.93. The van der Waals surface area contributed by atoms with E-state index in [0.717, 1.165) is 13.2 Å². The van der Waals surface area contributed by atoms with Gasteiger partial charge in [0.05, 0.1) is 31.5 Å². The predicted molar refractivity (Wildman–Crippen MR) is 92.9 cm³/mol. The normalized spacial score (nSPS) is 25.2. The Hall–Kier alpha value is -0.160. The molecule has 2 saturated heterocycles. The van der Waals surface area contributed by atoms with Crippen molar-refractivity contribution in [2.45, 2.75) is 80.6 Å². The molecule has 0 aliphatic carbocycles. The van der Waals surface area contributed by atoms with Crippen molar-refractivity contribution in [1.29, 1.82) is 0 Å². The number of hydrogen-bond donors (Lipinski definition) is 2. The van der Waals surface area contributed by atoms with Gasteiger partial charge in [0, 0.05) is 6.54 Å². The molecule has 0 aromatic rings. The molecule has 0 bridgehead atoms. The van der Waals surface area contributed by atoms with E-state index < -0.39 is 0 Å². The Bertz CT molecular complexity index is 280. The van der Waals surface area contributed by atoms with E-state index in [0.29, 0.717) is 29.6 Å². The van der Waals surface area contributed by atoms with Crippen LogP contribution in [-0.2, 0) is 9.47 Å². The Labute approximate surface area is 137 Å². The Morgan fingerprint density at radius 3 is 1.14 bits per heavy atom. The first kappa shape index (κ1) is 21.8. The highest BCUT2D eigenvalue weighted by Gasteiger charge is 2.35. The first-order valence-corrected chi connectivity index (χ1v) is 8.31. The topological polar surface area (TPSA) is 71.3 Å². The molecular weight excluding hydrogens is 278 g/mol. The lowest BCUT2D eigenvalue weighted by Crippen LogP contribution is -2.33. The van der Waals surface area contributed by atoms with Gasteiger partial charge in [0.1, 0.15) is 0 Å². The van der Waals surface area contributed by atoms with Gasteiger partial charge in [0.2, 0.25) is 0 Å². The Kier molecular flexibility index (Phi) is 8.03. The molecule has 2 aliphatic rings. The molecule has 0 radical (unpaired) electrons. The minimum atomic E-state index is -0.373. The van der Waals surface area contributed by atoms with Crippen LogP contribution in [0.2, 0.25) is 0 Å². The third kappa shape index (κ3) is 10.5. The van der Waals surface area contributed by atoms with Gasteiger partial charge in [-0.1, -0.05) is 62.3 Å². The van der Waals surface area contributed by atoms with Gasteiger partial charge in [-0.15, -0.1) is 0 Å². The summed E-state index contributed by atoms with van der Waals surface area (Å²) in [6.45, 7) is 21.4. The van der Waals surface area contributed by atoms with Crippen molar-refractivity contribution in [2.24, 2.45) is 22.0 Å². The van der Waals surface area contributed by atoms with Gasteiger partial charge in [0.25, 0.3) is 0 Å². The van der Waals surface area contributed by atoms with Crippen molar-refractivity contribution in [3.8, 4) is 0 Å². The highest BCUT2D eigenvalue weighted by molar-refractivity contribution is 4.83. The molecule has 3 atom stereocenters. The fourth-order valence-corrected chi connectivity index (χ4v) is 1.45. The average Bonchev–Trinajstić information content (AvgIpc) is 3.18. The van der Waals surface area contributed by atoms with E-state index in [2.05, 4.69) is 41.5 Å². The standard InChI is InChI=1S/C6H15NO.2C6H12O/c1-6(2,3)5(8)4-7;2*1-6(2,3)5-4-7-5/h5,8H,4,7H2,1-3H3;2*5H,4H2,1-3H3/t2*5-;/m11./s1. The van der Waals surface area contributed by atoms with Crippen molar-refractivity contribution in [3.63, 3.8) is 0 Å². The van der Waals surface area contributed by atoms with Crippen LogP contribution in [0.5, 0.6) is 0 Å². The quantitative estimate of drug-likeness (QED) is 0.728. The molecule has 2 heterocycles. The monoisotopic (exact) mass is 317 g/mol. The molecule has 0 aromatic carbocycles. The van der Waals surface area contributed by atoms with Gasteiger partial charge in [-0.3, -0.25) is 0 Å². The molecule has 2 fully saturated rings. The SMILES string of the molecule is CC(C)(C)C1CO1.CC(C)(C)[C@H](O)CN.CC(C)(C)[C@H]1CO1. The molecular formula is C18H39NO3. The van der Waals surface area contributed by atoms with Crippen molar-refractivity contribution < 1.29 is 14.6 Å². The first-order valence-electron chi connectivity index (χ1n) is 8.31. The number of nitrogens with two attached hydrogens (primary N) is 1. The second kappa shape index (κ2) is 8.09. The van der Waals surface area contributed by atoms with Crippen LogP contribution >= 0.6 is 0 Å². The van der Waals surface area contributed by atoms with Crippen LogP contribution in [0.15, 0.2) is 0 Å². The highest BCUT2D eigenvalue weighted by Crippen LogP contribution is 2.31. The number of ether oxygens (including phenoxy) is 2. The van der Waals surface area contributed by atoms with Crippen LogP contribution in [-0.4, -0.2) is 43.2 Å². The molecule has 1 unspecified atom stereocenters. The number of epoxide rings is 2. The van der Waals surface area contributed by atoms with Crippen LogP contribution in [0.25, 0.3) is 0 Å². The maximum atomic E-state index is 9.07. The molecule has 22 heavy (non-hydrogen) atoms. The van der Waals surface area contributed by atoms with Gasteiger partial charge in [-0.25, -0.2) is 0 Å². The average molecular weight is 318 g/mol. The molecule has 4 nitrogen and oxygen atoms in total. The van der Waals surface area contributed by atoms with Crippen LogP contribution in [0, 0.1) is 16.2 Å². The Balaban J connectivity index is 0.000000301. The number of hydrogen-bond acceptors (Lipinski definition) is 4. The molecule has 0 aromatic heterocycles. The van der Waals surface area contributed by atoms with Crippen LogP contribution < -0.4 is 5.73 Å². The fourth-order valence-electron chi connectivity index (χ4n) is 1.45. The Morgan fingerprint density at radius 1 is 0.864 bits per heavy atom. The molecule has 2 aliphatic heterocycles. The zero-order valence-corrected chi connectivity index (χ0v) is 16.2. The maximum absolute atomic E-state index is 9.07. The summed E-state index contributed by atoms with van der Waals surface area (Å²) in [5.74, 6) is 0. The molecule has 0 saturated carbocycles. The Morgan fingerprint density at radius 2 is 1.14 bits per heavy atom. The van der Waals surface area contributed by atoms with Crippen molar-refractivity contribution in [2.75, 3.05) is 19.8 Å². The zero-order chi connectivity index (χ0) is 17.8. The lowest BCUT2D eigenvalue weighted by Gasteiger charge is -2.23. The summed E-state index contributed by atoms with van der Waals surface area (Å²) in [4.78, 5) is 0. The van der Waals surface area contributed by atoms with Crippen LogP contribution in [0.1, 0.15) is 62.3 Å². The largest absolute Gasteiger partial charge is 0.391 e. The van der Waals surface area contributed by atoms with E-state index in [4.69, 9.17) is 20.3 Å². The number of aliphatic hydroxyl groups is 1. The molecule has 0 amide bonds. The lowest BCUT2D eigenvalue weighted by atomic mass is 9.89. The predicted octanol–water partition coefficient (Wildman–Crippen LogP) is 3.21. The van der Waals surface area contributed by atoms with Gasteiger partial charge >= 0.3 is 0 Å². The molecule has 2 rings (SSSR count). The van der Waals surface area contributed by atoms with Crippen molar-refractivity contribution in [1.82, 2.24) is 0 Å². The smallest absolute Gasteiger partial charge is 0.0858 e. The van der Waals surface area contributed by atoms with Gasteiger partial charge in [-0.05, 0) is 16.2 Å². The van der Waals surface area contributed by atoms with Crippen LogP contribution in [0.3, 0.4) is 0 Å². The van der Waals surface area contributed by atoms with E-state index in [1.54, 1.807) is 0 Å². The van der Waals surface area contributed by atoms with Crippen LogP contribution in [0.4, 0.5) is 0 Å². The first-order chi connectivity index (χ1) is 9.69. The minimum Gasteiger partial charge on any atom is -0.391 e. The number of aliphatic hydroxyl groups excluding tert-OH is 1. The third-order valence-electron chi connectivity index (χ3n) is 3.82. The molecule has 0 spiro atoms. The van der Waals surface area contributed by atoms with Gasteiger partial charge < -0.3 is 20.3 Å². The van der Waals surface area contributed by atoms with E-state index in [1.807, 2.05) is 20.8 Å². The summed E-state index contributed by atoms with van der Waals surface area (Å²) in [6, 6.07) is 0. The molecule has 3 N–H and O–H groups in total. The molecule has 4 heteroatoms. The van der Waals surface area contributed by atoms with E-state index in [1.165, 1.54) is 0 Å². The minimum absolute atomic E-state index is 0.0608. The van der Waals surface area contributed by atoms with E-state index in [9.17, 15) is 0 Å². The summed E-state index contributed by atoms with van der Waals surface area (Å²) in [5, 5.41) is 9.07. The third-order valence-corrected chi connectivity index (χ3v) is 3.82. The fraction of sp³-hybridized carbons (Fsp3) is 1.00. The zero-order valence-electron chi connectivity index (χ0n) is 16.2. The van der Waals surface area contributed by atoms with Gasteiger partial charge in [0.15, 0.2) is 0 Å². The summed E-state index contributed by atoms with van der Waals surface area (Å²) >= 11 is 0. The summed E-state index contributed by atoms with van der Waals surface area (Å²) in [6.07, 6.45) is 0.725. The highest BCUT2D eigenvalue weighted by atomic mass is 16.6. The van der Waals surface area contributed by atoms with E-state index in [-0.39, 0.29) is 11.5 Å². The van der Waals surface area contributed by atoms with Gasteiger partial charge in [-0.2, -0.15) is 0 Å². The maximum Gasteiger partial charge on any atom is 0.0858 e. The lowest BCUT2D eigenvalue weighted by molar-refractivity contribution is 0.0709. The number of rotatable bonds is 1. The second-order valence-corrected chi connectivity index (χ2v) is 9.49. The van der Waals surface area contributed by atoms with E-state index >= 15 is 0 Å².